The maximum Gasteiger partial charge on any atom is 0.244 e. The highest BCUT2D eigenvalue weighted by atomic mass is 32.2. The molecule has 0 saturated heterocycles. The van der Waals surface area contributed by atoms with Gasteiger partial charge in [-0.15, -0.1) is 0 Å². The number of carbonyl (C=O) groups is 2. The number of hydrogen-bond donors (Lipinski definition) is 1. The molecule has 0 saturated carbocycles. The summed E-state index contributed by atoms with van der Waals surface area (Å²) in [5.41, 5.74) is 1.84. The van der Waals surface area contributed by atoms with Crippen LogP contribution in [0.2, 0.25) is 0 Å². The van der Waals surface area contributed by atoms with Crippen molar-refractivity contribution in [3.8, 4) is 11.5 Å². The predicted octanol–water partition coefficient (Wildman–Crippen LogP) is 4.02. The molecule has 3 rings (SSSR count). The third kappa shape index (κ3) is 8.72. The average Bonchev–Trinajstić information content (AvgIpc) is 2.97. The summed E-state index contributed by atoms with van der Waals surface area (Å²) in [4.78, 5) is 29.4. The molecule has 2 atom stereocenters. The van der Waals surface area contributed by atoms with E-state index in [0.29, 0.717) is 12.2 Å². The maximum absolute atomic E-state index is 14.2. The number of nitrogens with one attached hydrogen (secondary N) is 1. The molecule has 0 aliphatic rings. The Kier molecular flexibility index (Phi) is 11.2. The molecular weight excluding hydrogens is 542 g/mol. The van der Waals surface area contributed by atoms with E-state index in [9.17, 15) is 18.0 Å². The molecule has 3 aromatic carbocycles. The van der Waals surface area contributed by atoms with Crippen LogP contribution >= 0.6 is 0 Å². The highest BCUT2D eigenvalue weighted by molar-refractivity contribution is 7.92. The fraction of sp³-hybridized carbons (Fsp3) is 0.355. The number of nitrogens with zero attached hydrogens (tertiary/aromatic N) is 2. The maximum atomic E-state index is 14.2. The predicted molar refractivity (Wildman–Crippen MR) is 161 cm³/mol. The van der Waals surface area contributed by atoms with E-state index in [4.69, 9.17) is 9.47 Å². The number of sulfonamides is 1. The smallest absolute Gasteiger partial charge is 0.244 e. The van der Waals surface area contributed by atoms with Crippen LogP contribution < -0.4 is 19.1 Å². The van der Waals surface area contributed by atoms with Gasteiger partial charge in [-0.05, 0) is 36.6 Å². The van der Waals surface area contributed by atoms with Gasteiger partial charge in [0, 0.05) is 25.1 Å². The Morgan fingerprint density at radius 2 is 1.51 bits per heavy atom. The highest BCUT2D eigenvalue weighted by Gasteiger charge is 2.34. The van der Waals surface area contributed by atoms with Crippen molar-refractivity contribution in [2.24, 2.45) is 0 Å². The van der Waals surface area contributed by atoms with Crippen molar-refractivity contribution in [1.29, 1.82) is 0 Å². The number of methoxy groups -OCH3 is 2. The minimum atomic E-state index is -3.96. The van der Waals surface area contributed by atoms with Gasteiger partial charge in [-0.3, -0.25) is 13.9 Å². The number of anilines is 1. The molecule has 10 heteroatoms. The number of amides is 2. The Morgan fingerprint density at radius 3 is 2.05 bits per heavy atom. The van der Waals surface area contributed by atoms with Gasteiger partial charge in [0.15, 0.2) is 0 Å². The van der Waals surface area contributed by atoms with Crippen LogP contribution in [-0.4, -0.2) is 64.2 Å². The quantitative estimate of drug-likeness (QED) is 0.308. The SMILES string of the molecule is CC[C@@H](C)NC(=O)[C@@H](Cc1ccccc1)N(Cc1ccccc1)C(=O)CN(c1cc(OC)ccc1OC)S(C)(=O)=O. The number of ether oxygens (including phenoxy) is 2. The first-order valence-corrected chi connectivity index (χ1v) is 15.3. The van der Waals surface area contributed by atoms with E-state index in [1.807, 2.05) is 74.5 Å². The van der Waals surface area contributed by atoms with Crippen molar-refractivity contribution in [1.82, 2.24) is 10.2 Å². The summed E-state index contributed by atoms with van der Waals surface area (Å²) in [6.07, 6.45) is 1.99. The fourth-order valence-corrected chi connectivity index (χ4v) is 5.21. The van der Waals surface area contributed by atoms with E-state index in [0.717, 1.165) is 21.7 Å². The molecule has 1 N–H and O–H groups in total. The second-order valence-corrected chi connectivity index (χ2v) is 11.7. The Bertz CT molecular complexity index is 1400. The molecule has 0 unspecified atom stereocenters. The average molecular weight is 582 g/mol. The second-order valence-electron chi connectivity index (χ2n) is 9.84. The third-order valence-corrected chi connectivity index (χ3v) is 7.93. The largest absolute Gasteiger partial charge is 0.497 e. The molecule has 0 fully saturated rings. The van der Waals surface area contributed by atoms with Crippen molar-refractivity contribution in [2.45, 2.75) is 45.3 Å². The zero-order valence-corrected chi connectivity index (χ0v) is 25.1. The van der Waals surface area contributed by atoms with Gasteiger partial charge in [0.05, 0.1) is 26.2 Å². The summed E-state index contributed by atoms with van der Waals surface area (Å²) in [7, 11) is -1.07. The van der Waals surface area contributed by atoms with Crippen LogP contribution in [0.4, 0.5) is 5.69 Å². The molecule has 0 radical (unpaired) electrons. The first-order valence-electron chi connectivity index (χ1n) is 13.4. The topological polar surface area (TPSA) is 105 Å². The summed E-state index contributed by atoms with van der Waals surface area (Å²) in [5, 5.41) is 3.02. The summed E-state index contributed by atoms with van der Waals surface area (Å²) in [6, 6.07) is 22.5. The van der Waals surface area contributed by atoms with E-state index in [2.05, 4.69) is 5.32 Å². The van der Waals surface area contributed by atoms with Crippen LogP contribution in [-0.2, 0) is 32.6 Å². The van der Waals surface area contributed by atoms with Crippen molar-refractivity contribution < 1.29 is 27.5 Å². The van der Waals surface area contributed by atoms with Gasteiger partial charge < -0.3 is 19.7 Å². The van der Waals surface area contributed by atoms with Crippen LogP contribution in [0, 0.1) is 0 Å². The fourth-order valence-electron chi connectivity index (χ4n) is 4.36. The Balaban J connectivity index is 2.09. The minimum Gasteiger partial charge on any atom is -0.497 e. The Labute approximate surface area is 243 Å². The molecule has 0 aliphatic carbocycles. The van der Waals surface area contributed by atoms with Gasteiger partial charge in [-0.2, -0.15) is 0 Å². The van der Waals surface area contributed by atoms with Crippen LogP contribution in [0.15, 0.2) is 78.9 Å². The lowest BCUT2D eigenvalue weighted by atomic mass is 10.0. The molecular formula is C31H39N3O6S. The molecule has 41 heavy (non-hydrogen) atoms. The molecule has 3 aromatic rings. The lowest BCUT2D eigenvalue weighted by Gasteiger charge is -2.34. The first-order chi connectivity index (χ1) is 19.6. The number of hydrogen-bond acceptors (Lipinski definition) is 6. The number of carbonyl (C=O) groups excluding carboxylic acids is 2. The monoisotopic (exact) mass is 581 g/mol. The van der Waals surface area contributed by atoms with E-state index in [1.165, 1.54) is 25.2 Å². The zero-order chi connectivity index (χ0) is 30.0. The lowest BCUT2D eigenvalue weighted by Crippen LogP contribution is -2.54. The molecule has 0 aliphatic heterocycles. The van der Waals surface area contributed by atoms with Gasteiger partial charge in [0.2, 0.25) is 21.8 Å². The summed E-state index contributed by atoms with van der Waals surface area (Å²) in [6.45, 7) is 3.44. The Hall–Kier alpha value is -4.05. The summed E-state index contributed by atoms with van der Waals surface area (Å²) < 4.78 is 37.9. The van der Waals surface area contributed by atoms with Gasteiger partial charge >= 0.3 is 0 Å². The van der Waals surface area contributed by atoms with Gasteiger partial charge in [-0.25, -0.2) is 8.42 Å². The molecule has 9 nitrogen and oxygen atoms in total. The van der Waals surface area contributed by atoms with Crippen LogP contribution in [0.25, 0.3) is 0 Å². The normalized spacial score (nSPS) is 12.6. The summed E-state index contributed by atoms with van der Waals surface area (Å²) >= 11 is 0. The van der Waals surface area contributed by atoms with Gasteiger partial charge in [0.1, 0.15) is 24.1 Å². The molecule has 0 aromatic heterocycles. The van der Waals surface area contributed by atoms with E-state index in [-0.39, 0.29) is 36.4 Å². The molecule has 0 spiro atoms. The van der Waals surface area contributed by atoms with E-state index >= 15 is 0 Å². The molecule has 0 bridgehead atoms. The number of benzene rings is 3. The van der Waals surface area contributed by atoms with Gasteiger partial charge in [0.25, 0.3) is 0 Å². The van der Waals surface area contributed by atoms with Crippen molar-refractivity contribution in [3.63, 3.8) is 0 Å². The third-order valence-electron chi connectivity index (χ3n) is 6.80. The van der Waals surface area contributed by atoms with Crippen LogP contribution in [0.5, 0.6) is 11.5 Å². The lowest BCUT2D eigenvalue weighted by molar-refractivity contribution is -0.140. The van der Waals surface area contributed by atoms with Crippen molar-refractivity contribution >= 4 is 27.5 Å². The number of rotatable bonds is 14. The van der Waals surface area contributed by atoms with Crippen molar-refractivity contribution in [3.05, 3.63) is 90.0 Å². The van der Waals surface area contributed by atoms with Crippen molar-refractivity contribution in [2.75, 3.05) is 31.3 Å². The molecule has 220 valence electrons. The standard InChI is InChI=1S/C31H39N3O6S/c1-6-23(2)32-31(36)28(19-24-13-9-7-10-14-24)33(21-25-15-11-8-12-16-25)30(35)22-34(41(5,37)38)27-20-26(39-3)17-18-29(27)40-4/h7-18,20,23,28H,6,19,21-22H2,1-5H3,(H,32,36)/t23-,28-/m1/s1. The summed E-state index contributed by atoms with van der Waals surface area (Å²) in [5.74, 6) is -0.186. The first kappa shape index (κ1) is 31.5. The van der Waals surface area contributed by atoms with E-state index in [1.54, 1.807) is 12.1 Å². The van der Waals surface area contributed by atoms with Crippen LogP contribution in [0.3, 0.4) is 0 Å². The van der Waals surface area contributed by atoms with Crippen LogP contribution in [0.1, 0.15) is 31.4 Å². The Morgan fingerprint density at radius 1 is 0.902 bits per heavy atom. The second kappa shape index (κ2) is 14.5. The van der Waals surface area contributed by atoms with Gasteiger partial charge in [-0.1, -0.05) is 67.6 Å². The minimum absolute atomic E-state index is 0.108. The zero-order valence-electron chi connectivity index (χ0n) is 24.2. The highest BCUT2D eigenvalue weighted by Crippen LogP contribution is 2.34. The molecule has 2 amide bonds. The van der Waals surface area contributed by atoms with E-state index < -0.39 is 28.5 Å². The molecule has 0 heterocycles.